The number of ether oxygens (including phenoxy) is 2. The molecule has 0 radical (unpaired) electrons. The highest BCUT2D eigenvalue weighted by Crippen LogP contribution is 2.36. The van der Waals surface area contributed by atoms with Crippen LogP contribution in [-0.2, 0) is 6.54 Å². The fourth-order valence-corrected chi connectivity index (χ4v) is 5.03. The number of fused-ring (bicyclic) bond motifs is 1. The lowest BCUT2D eigenvalue weighted by Gasteiger charge is -2.44. The highest BCUT2D eigenvalue weighted by Gasteiger charge is 2.29. The molecule has 2 fully saturated rings. The lowest BCUT2D eigenvalue weighted by molar-refractivity contribution is 0.0880. The van der Waals surface area contributed by atoms with Crippen molar-refractivity contribution in [2.24, 2.45) is 0 Å². The maximum Gasteiger partial charge on any atom is 0.231 e. The maximum absolute atomic E-state index is 6.17. The summed E-state index contributed by atoms with van der Waals surface area (Å²) in [5, 5.41) is 0.814. The van der Waals surface area contributed by atoms with Crippen molar-refractivity contribution in [3.05, 3.63) is 53.1 Å². The molecule has 6 heteroatoms. The molecule has 0 bridgehead atoms. The van der Waals surface area contributed by atoms with Crippen LogP contribution in [0.25, 0.3) is 0 Å². The van der Waals surface area contributed by atoms with Gasteiger partial charge in [0.1, 0.15) is 0 Å². The number of piperidine rings is 1. The van der Waals surface area contributed by atoms with Crippen molar-refractivity contribution in [3.8, 4) is 11.5 Å². The Hall–Kier alpha value is -1.95. The van der Waals surface area contributed by atoms with Gasteiger partial charge in [-0.05, 0) is 43.7 Å². The molecule has 0 saturated carbocycles. The molecule has 0 aliphatic carbocycles. The van der Waals surface area contributed by atoms with E-state index in [0.29, 0.717) is 12.8 Å². The van der Waals surface area contributed by atoms with Crippen LogP contribution in [-0.4, -0.2) is 61.9 Å². The molecule has 0 aromatic heterocycles. The Kier molecular flexibility index (Phi) is 5.53. The smallest absolute Gasteiger partial charge is 0.231 e. The lowest BCUT2D eigenvalue weighted by Crippen LogP contribution is -2.55. The van der Waals surface area contributed by atoms with Crippen LogP contribution in [0.5, 0.6) is 11.5 Å². The molecular weight excluding hydrogens is 386 g/mol. The summed E-state index contributed by atoms with van der Waals surface area (Å²) < 4.78 is 11.2. The molecule has 0 N–H and O–H groups in total. The first-order valence-electron chi connectivity index (χ1n) is 10.6. The second-order valence-corrected chi connectivity index (χ2v) is 8.62. The van der Waals surface area contributed by atoms with Crippen molar-refractivity contribution in [2.45, 2.75) is 25.4 Å². The number of hydrogen-bond acceptors (Lipinski definition) is 5. The number of para-hydroxylation sites is 1. The van der Waals surface area contributed by atoms with Gasteiger partial charge in [0.2, 0.25) is 6.79 Å². The molecule has 1 atom stereocenters. The monoisotopic (exact) mass is 413 g/mol. The predicted molar refractivity (Wildman–Crippen MR) is 116 cm³/mol. The minimum atomic E-state index is 0.339. The lowest BCUT2D eigenvalue weighted by atomic mass is 10.0. The van der Waals surface area contributed by atoms with Crippen LogP contribution in [0.3, 0.4) is 0 Å². The van der Waals surface area contributed by atoms with Crippen LogP contribution in [0.15, 0.2) is 42.5 Å². The number of nitrogens with zero attached hydrogens (tertiary/aromatic N) is 3. The van der Waals surface area contributed by atoms with Gasteiger partial charge in [-0.25, -0.2) is 0 Å². The fourth-order valence-electron chi connectivity index (χ4n) is 4.85. The van der Waals surface area contributed by atoms with E-state index in [1.165, 1.54) is 24.1 Å². The van der Waals surface area contributed by atoms with Gasteiger partial charge in [-0.1, -0.05) is 29.8 Å². The van der Waals surface area contributed by atoms with Gasteiger partial charge in [-0.15, -0.1) is 0 Å². The second kappa shape index (κ2) is 8.42. The van der Waals surface area contributed by atoms with Crippen molar-refractivity contribution < 1.29 is 9.47 Å². The quantitative estimate of drug-likeness (QED) is 0.759. The molecular formula is C23H28ClN3O2. The minimum Gasteiger partial charge on any atom is -0.454 e. The summed E-state index contributed by atoms with van der Waals surface area (Å²) in [5.41, 5.74) is 2.48. The van der Waals surface area contributed by atoms with E-state index in [-0.39, 0.29) is 0 Å². The average molecular weight is 414 g/mol. The molecule has 2 aromatic carbocycles. The molecule has 154 valence electrons. The molecule has 0 spiro atoms. The third kappa shape index (κ3) is 4.18. The molecule has 0 amide bonds. The zero-order chi connectivity index (χ0) is 19.6. The Morgan fingerprint density at radius 3 is 2.69 bits per heavy atom. The third-order valence-corrected chi connectivity index (χ3v) is 6.59. The normalized spacial score (nSPS) is 22.8. The van der Waals surface area contributed by atoms with Crippen molar-refractivity contribution >= 4 is 17.3 Å². The van der Waals surface area contributed by atoms with Gasteiger partial charge in [0.05, 0.1) is 0 Å². The molecule has 2 aromatic rings. The summed E-state index contributed by atoms with van der Waals surface area (Å²) in [6.07, 6.45) is 2.55. The van der Waals surface area contributed by atoms with E-state index in [1.807, 2.05) is 18.2 Å². The standard InChI is InChI=1S/C23H28ClN3O2/c24-19-5-2-6-20(14-19)26-10-12-27(13-11-26)21-7-3-9-25(16-21)15-18-4-1-8-22-23(18)29-17-28-22/h1-2,4-6,8,14,21H,3,7,9-13,15-17H2. The van der Waals surface area contributed by atoms with Crippen molar-refractivity contribution in [2.75, 3.05) is 51.0 Å². The largest absolute Gasteiger partial charge is 0.454 e. The van der Waals surface area contributed by atoms with Crippen LogP contribution >= 0.6 is 11.6 Å². The number of hydrogen-bond donors (Lipinski definition) is 0. The van der Waals surface area contributed by atoms with Crippen LogP contribution in [0.1, 0.15) is 18.4 Å². The molecule has 5 nitrogen and oxygen atoms in total. The summed E-state index contributed by atoms with van der Waals surface area (Å²) in [4.78, 5) is 7.71. The Balaban J connectivity index is 1.18. The summed E-state index contributed by atoms with van der Waals surface area (Å²) >= 11 is 6.17. The molecule has 3 aliphatic heterocycles. The van der Waals surface area contributed by atoms with E-state index in [4.69, 9.17) is 21.1 Å². The summed E-state index contributed by atoms with van der Waals surface area (Å²) in [6, 6.07) is 15.1. The fraction of sp³-hybridized carbons (Fsp3) is 0.478. The number of halogens is 1. The summed E-state index contributed by atoms with van der Waals surface area (Å²) in [7, 11) is 0. The number of benzene rings is 2. The van der Waals surface area contributed by atoms with Crippen LogP contribution < -0.4 is 14.4 Å². The topological polar surface area (TPSA) is 28.2 Å². The highest BCUT2D eigenvalue weighted by atomic mass is 35.5. The first kappa shape index (κ1) is 19.0. The molecule has 1 unspecified atom stereocenters. The van der Waals surface area contributed by atoms with Crippen molar-refractivity contribution in [1.29, 1.82) is 0 Å². The zero-order valence-corrected chi connectivity index (χ0v) is 17.5. The van der Waals surface area contributed by atoms with Crippen LogP contribution in [0.4, 0.5) is 5.69 Å². The van der Waals surface area contributed by atoms with Gasteiger partial charge in [0.15, 0.2) is 11.5 Å². The van der Waals surface area contributed by atoms with E-state index >= 15 is 0 Å². The first-order chi connectivity index (χ1) is 14.3. The molecule has 2 saturated heterocycles. The van der Waals surface area contributed by atoms with Gasteiger partial charge in [0, 0.05) is 61.6 Å². The average Bonchev–Trinajstić information content (AvgIpc) is 3.24. The Morgan fingerprint density at radius 1 is 0.966 bits per heavy atom. The van der Waals surface area contributed by atoms with Gasteiger partial charge < -0.3 is 14.4 Å². The third-order valence-electron chi connectivity index (χ3n) is 6.36. The van der Waals surface area contributed by atoms with Gasteiger partial charge in [-0.2, -0.15) is 0 Å². The van der Waals surface area contributed by atoms with Crippen molar-refractivity contribution in [3.63, 3.8) is 0 Å². The van der Waals surface area contributed by atoms with E-state index in [2.05, 4.69) is 39.0 Å². The first-order valence-corrected chi connectivity index (χ1v) is 11.0. The van der Waals surface area contributed by atoms with Crippen LogP contribution in [0, 0.1) is 0 Å². The van der Waals surface area contributed by atoms with Gasteiger partial charge >= 0.3 is 0 Å². The molecule has 5 rings (SSSR count). The van der Waals surface area contributed by atoms with Gasteiger partial charge in [-0.3, -0.25) is 9.80 Å². The van der Waals surface area contributed by atoms with E-state index in [9.17, 15) is 0 Å². The molecule has 3 aliphatic rings. The number of likely N-dealkylation sites (tertiary alicyclic amines) is 1. The van der Waals surface area contributed by atoms with E-state index in [1.54, 1.807) is 0 Å². The van der Waals surface area contributed by atoms with Crippen molar-refractivity contribution in [1.82, 2.24) is 9.80 Å². The van der Waals surface area contributed by atoms with Gasteiger partial charge in [0.25, 0.3) is 0 Å². The number of rotatable bonds is 4. The highest BCUT2D eigenvalue weighted by molar-refractivity contribution is 6.30. The summed E-state index contributed by atoms with van der Waals surface area (Å²) in [5.74, 6) is 1.82. The second-order valence-electron chi connectivity index (χ2n) is 8.18. The Morgan fingerprint density at radius 2 is 1.83 bits per heavy atom. The summed E-state index contributed by atoms with van der Waals surface area (Å²) in [6.45, 7) is 7.91. The number of piperazine rings is 1. The molecule has 3 heterocycles. The minimum absolute atomic E-state index is 0.339. The van der Waals surface area contributed by atoms with E-state index in [0.717, 1.165) is 62.3 Å². The SMILES string of the molecule is Clc1cccc(N2CCN(C3CCCN(Cc4cccc5c4OCO5)C3)CC2)c1. The number of anilines is 1. The predicted octanol–water partition coefficient (Wildman–Crippen LogP) is 3.86. The Labute approximate surface area is 177 Å². The molecule has 29 heavy (non-hydrogen) atoms. The Bertz CT molecular complexity index is 854. The van der Waals surface area contributed by atoms with Crippen LogP contribution in [0.2, 0.25) is 5.02 Å². The maximum atomic E-state index is 6.17. The zero-order valence-electron chi connectivity index (χ0n) is 16.7. The van der Waals surface area contributed by atoms with E-state index < -0.39 is 0 Å².